The molecule has 0 radical (unpaired) electrons. The minimum atomic E-state index is -0.644. The van der Waals surface area contributed by atoms with Gasteiger partial charge in [-0.3, -0.25) is 0 Å². The molecule has 0 unspecified atom stereocenters. The first-order chi connectivity index (χ1) is 15.1. The molecule has 170 valence electrons. The molecule has 0 aromatic heterocycles. The van der Waals surface area contributed by atoms with E-state index < -0.39 is 24.4 Å². The van der Waals surface area contributed by atoms with Crippen LogP contribution in [0.3, 0.4) is 0 Å². The van der Waals surface area contributed by atoms with Gasteiger partial charge in [-0.25, -0.2) is 4.79 Å². The highest BCUT2D eigenvalue weighted by Gasteiger charge is 2.52. The molecule has 8 heteroatoms. The van der Waals surface area contributed by atoms with Crippen LogP contribution in [0.4, 0.5) is 4.79 Å². The van der Waals surface area contributed by atoms with E-state index in [1.165, 1.54) is 0 Å². The average molecular weight is 458 g/mol. The lowest BCUT2D eigenvalue weighted by molar-refractivity contribution is 0.00578. The van der Waals surface area contributed by atoms with E-state index >= 15 is 0 Å². The third-order valence-electron chi connectivity index (χ3n) is 5.74. The van der Waals surface area contributed by atoms with Crippen molar-refractivity contribution >= 4 is 30.9 Å². The van der Waals surface area contributed by atoms with Crippen molar-refractivity contribution in [2.45, 2.75) is 45.5 Å². The molecule has 3 rings (SSSR count). The Morgan fingerprint density at radius 1 is 1.09 bits per heavy atom. The van der Waals surface area contributed by atoms with Crippen LogP contribution < -0.4 is 10.1 Å². The molecule has 6 nitrogen and oxygen atoms in total. The van der Waals surface area contributed by atoms with Crippen molar-refractivity contribution in [1.29, 1.82) is 0 Å². The molecule has 1 amide bonds. The number of ether oxygens (including phenoxy) is 2. The van der Waals surface area contributed by atoms with Crippen LogP contribution in [-0.4, -0.2) is 38.1 Å². The molecular weight excluding hydrogens is 429 g/mol. The van der Waals surface area contributed by atoms with Gasteiger partial charge in [0.2, 0.25) is 0 Å². The van der Waals surface area contributed by atoms with Crippen LogP contribution in [0.15, 0.2) is 54.0 Å². The van der Waals surface area contributed by atoms with Gasteiger partial charge in [-0.1, -0.05) is 48.0 Å². The number of carbonyl (C=O) groups excluding carboxylic acids is 1. The first-order valence-electron chi connectivity index (χ1n) is 10.5. The zero-order valence-corrected chi connectivity index (χ0v) is 19.9. The summed E-state index contributed by atoms with van der Waals surface area (Å²) in [6, 6.07) is 14.9. The number of rotatable bonds is 7. The van der Waals surface area contributed by atoms with E-state index in [0.717, 1.165) is 16.6 Å². The number of benzene rings is 2. The van der Waals surface area contributed by atoms with Gasteiger partial charge >= 0.3 is 13.2 Å². The maximum absolute atomic E-state index is 12.3. The molecule has 0 atom stereocenters. The van der Waals surface area contributed by atoms with Crippen LogP contribution in [0.1, 0.15) is 38.8 Å². The molecule has 0 bridgehead atoms. The topological polar surface area (TPSA) is 66.0 Å². The number of amides is 1. The Balaban J connectivity index is 1.78. The van der Waals surface area contributed by atoms with Crippen molar-refractivity contribution in [3.05, 3.63) is 70.2 Å². The Kier molecular flexibility index (Phi) is 7.54. The normalized spacial score (nSPS) is 17.2. The Labute approximate surface area is 195 Å². The van der Waals surface area contributed by atoms with Crippen LogP contribution in [0.2, 0.25) is 5.02 Å². The molecule has 1 fully saturated rings. The number of hydrogen-bond donors (Lipinski definition) is 1. The largest absolute Gasteiger partial charge is 0.496 e. The Bertz CT molecular complexity index is 962. The van der Waals surface area contributed by atoms with Crippen LogP contribution in [0.25, 0.3) is 6.08 Å². The van der Waals surface area contributed by atoms with Gasteiger partial charge in [0.15, 0.2) is 0 Å². The number of hydrogen-bond acceptors (Lipinski definition) is 5. The Morgan fingerprint density at radius 2 is 1.75 bits per heavy atom. The van der Waals surface area contributed by atoms with Gasteiger partial charge in [-0.15, -0.1) is 0 Å². The fourth-order valence-electron chi connectivity index (χ4n) is 3.15. The molecule has 32 heavy (non-hydrogen) atoms. The minimum Gasteiger partial charge on any atom is -0.496 e. The van der Waals surface area contributed by atoms with Gasteiger partial charge in [0.1, 0.15) is 12.4 Å². The van der Waals surface area contributed by atoms with E-state index in [4.69, 9.17) is 30.4 Å². The van der Waals surface area contributed by atoms with Crippen LogP contribution in [0, 0.1) is 0 Å². The van der Waals surface area contributed by atoms with E-state index in [1.54, 1.807) is 19.2 Å². The molecule has 0 spiro atoms. The van der Waals surface area contributed by atoms with E-state index in [1.807, 2.05) is 70.2 Å². The maximum atomic E-state index is 12.3. The van der Waals surface area contributed by atoms with Crippen molar-refractivity contribution in [2.75, 3.05) is 13.7 Å². The molecule has 0 aliphatic carbocycles. The van der Waals surface area contributed by atoms with Gasteiger partial charge in [0, 0.05) is 17.1 Å². The minimum absolute atomic E-state index is 0.177. The lowest BCUT2D eigenvalue weighted by Crippen LogP contribution is -2.41. The summed E-state index contributed by atoms with van der Waals surface area (Å²) in [6.07, 6.45) is 1.36. The quantitative estimate of drug-likeness (QED) is 0.572. The van der Waals surface area contributed by atoms with Crippen molar-refractivity contribution < 1.29 is 23.6 Å². The number of halogens is 1. The van der Waals surface area contributed by atoms with Gasteiger partial charge in [0.25, 0.3) is 0 Å². The summed E-state index contributed by atoms with van der Waals surface area (Å²) in [7, 11) is 0.936. The Morgan fingerprint density at radius 3 is 2.38 bits per heavy atom. The van der Waals surface area contributed by atoms with E-state index in [9.17, 15) is 4.79 Å². The number of nitrogens with one attached hydrogen (secondary N) is 1. The summed E-state index contributed by atoms with van der Waals surface area (Å²) in [5.41, 5.74) is 1.39. The highest BCUT2D eigenvalue weighted by molar-refractivity contribution is 6.56. The molecule has 1 aliphatic heterocycles. The fourth-order valence-corrected chi connectivity index (χ4v) is 3.31. The SMILES string of the molecule is COc1cc(Cl)ccc1C=C(CNC(=O)OCc1ccccc1)B1OC(C)(C)C(C)(C)O1. The van der Waals surface area contributed by atoms with Crippen molar-refractivity contribution in [3.63, 3.8) is 0 Å². The summed E-state index contributed by atoms with van der Waals surface area (Å²) < 4.78 is 23.2. The highest BCUT2D eigenvalue weighted by Crippen LogP contribution is 2.39. The van der Waals surface area contributed by atoms with Crippen molar-refractivity contribution in [2.24, 2.45) is 0 Å². The zero-order valence-electron chi connectivity index (χ0n) is 19.1. The summed E-state index contributed by atoms with van der Waals surface area (Å²) in [4.78, 5) is 12.3. The predicted octanol–water partition coefficient (Wildman–Crippen LogP) is 5.29. The summed E-state index contributed by atoms with van der Waals surface area (Å²) >= 11 is 6.10. The molecule has 1 heterocycles. The second kappa shape index (κ2) is 9.98. The number of carbonyl (C=O) groups is 1. The number of alkyl carbamates (subject to hydrolysis) is 1. The lowest BCUT2D eigenvalue weighted by Gasteiger charge is -2.32. The smallest absolute Gasteiger partial charge is 0.492 e. The molecule has 2 aromatic rings. The summed E-state index contributed by atoms with van der Waals surface area (Å²) in [5, 5.41) is 3.37. The molecular formula is C24H29BClNO5. The summed E-state index contributed by atoms with van der Waals surface area (Å²) in [5.74, 6) is 0.609. The highest BCUT2D eigenvalue weighted by atomic mass is 35.5. The molecule has 1 N–H and O–H groups in total. The Hall–Kier alpha value is -2.48. The van der Waals surface area contributed by atoms with Crippen LogP contribution in [-0.2, 0) is 20.7 Å². The van der Waals surface area contributed by atoms with Crippen LogP contribution in [0.5, 0.6) is 5.75 Å². The van der Waals surface area contributed by atoms with Gasteiger partial charge in [-0.05, 0) is 56.9 Å². The monoisotopic (exact) mass is 457 g/mol. The molecule has 1 saturated heterocycles. The second-order valence-electron chi connectivity index (χ2n) is 8.61. The second-order valence-corrected chi connectivity index (χ2v) is 9.05. The van der Waals surface area contributed by atoms with Crippen LogP contribution >= 0.6 is 11.6 Å². The summed E-state index contributed by atoms with van der Waals surface area (Å²) in [6.45, 7) is 8.29. The third kappa shape index (κ3) is 5.85. The van der Waals surface area contributed by atoms with Crippen molar-refractivity contribution in [3.8, 4) is 5.75 Å². The molecule has 1 aliphatic rings. The van der Waals surface area contributed by atoms with Crippen molar-refractivity contribution in [1.82, 2.24) is 5.32 Å². The molecule has 0 saturated carbocycles. The lowest BCUT2D eigenvalue weighted by atomic mass is 9.77. The number of methoxy groups -OCH3 is 1. The van der Waals surface area contributed by atoms with E-state index in [2.05, 4.69) is 5.32 Å². The zero-order chi connectivity index (χ0) is 23.4. The van der Waals surface area contributed by atoms with E-state index in [0.29, 0.717) is 10.8 Å². The van der Waals surface area contributed by atoms with E-state index in [-0.39, 0.29) is 13.2 Å². The molecule has 2 aromatic carbocycles. The van der Waals surface area contributed by atoms with Gasteiger partial charge < -0.3 is 24.1 Å². The first kappa shape index (κ1) is 24.2. The fraction of sp³-hybridized carbons (Fsp3) is 0.375. The first-order valence-corrected chi connectivity index (χ1v) is 10.8. The maximum Gasteiger partial charge on any atom is 0.492 e. The predicted molar refractivity (Wildman–Crippen MR) is 127 cm³/mol. The average Bonchev–Trinajstić information content (AvgIpc) is 2.97. The van der Waals surface area contributed by atoms with Gasteiger partial charge in [-0.2, -0.15) is 0 Å². The third-order valence-corrected chi connectivity index (χ3v) is 5.98. The standard InChI is InChI=1S/C24H29BClNO5/c1-23(2)24(3,4)32-25(31-23)19(13-18-11-12-20(26)14-21(18)29-5)15-27-22(28)30-16-17-9-7-6-8-10-17/h6-14H,15-16H2,1-5H3,(H,27,28). The van der Waals surface area contributed by atoms with Gasteiger partial charge in [0.05, 0.1) is 18.3 Å².